The van der Waals surface area contributed by atoms with Gasteiger partial charge in [0.25, 0.3) is 0 Å². The van der Waals surface area contributed by atoms with Crippen molar-refractivity contribution in [2.45, 2.75) is 30.5 Å². The van der Waals surface area contributed by atoms with Gasteiger partial charge in [0.1, 0.15) is 6.10 Å². The van der Waals surface area contributed by atoms with Gasteiger partial charge in [-0.3, -0.25) is 0 Å². The number of rotatable bonds is 1. The molecule has 0 aromatic heterocycles. The minimum Gasteiger partial charge on any atom is -0.387 e. The van der Waals surface area contributed by atoms with Crippen LogP contribution in [-0.4, -0.2) is 46.2 Å². The van der Waals surface area contributed by atoms with Crippen LogP contribution >= 0.6 is 0 Å². The van der Waals surface area contributed by atoms with Crippen molar-refractivity contribution in [1.82, 2.24) is 0 Å². The van der Waals surface area contributed by atoms with Crippen molar-refractivity contribution in [3.8, 4) is 0 Å². The van der Waals surface area contributed by atoms with Crippen LogP contribution in [0.4, 0.5) is 0 Å². The highest BCUT2D eigenvalue weighted by Gasteiger charge is 2.62. The van der Waals surface area contributed by atoms with E-state index in [1.807, 2.05) is 0 Å². The highest BCUT2D eigenvalue weighted by molar-refractivity contribution is 4.98. The summed E-state index contributed by atoms with van der Waals surface area (Å²) in [6.07, 6.45) is -0.453. The van der Waals surface area contributed by atoms with Gasteiger partial charge in [0.05, 0.1) is 13.2 Å². The second-order valence-corrected chi connectivity index (χ2v) is 3.23. The summed E-state index contributed by atoms with van der Waals surface area (Å²) in [5.41, 5.74) is 0. The van der Waals surface area contributed by atoms with E-state index in [-0.39, 0.29) is 6.61 Å². The molecule has 2 aliphatic rings. The van der Waals surface area contributed by atoms with Gasteiger partial charge in [-0.25, -0.2) is 0 Å². The number of hydrogen-bond acceptors (Lipinski definition) is 5. The van der Waals surface area contributed by atoms with E-state index < -0.39 is 17.7 Å². The SMILES string of the molecule is OC1CCOC1(O)C1(O)CCO1. The molecule has 2 fully saturated rings. The third-order valence-corrected chi connectivity index (χ3v) is 2.51. The Morgan fingerprint density at radius 1 is 1.17 bits per heavy atom. The van der Waals surface area contributed by atoms with Gasteiger partial charge < -0.3 is 24.8 Å². The average Bonchev–Trinajstić information content (AvgIpc) is 2.29. The lowest BCUT2D eigenvalue weighted by Crippen LogP contribution is -2.66. The fourth-order valence-electron chi connectivity index (χ4n) is 1.57. The highest BCUT2D eigenvalue weighted by atomic mass is 16.7. The van der Waals surface area contributed by atoms with Crippen molar-refractivity contribution in [3.63, 3.8) is 0 Å². The average molecular weight is 176 g/mol. The Morgan fingerprint density at radius 2 is 1.83 bits per heavy atom. The van der Waals surface area contributed by atoms with Gasteiger partial charge >= 0.3 is 0 Å². The Kier molecular flexibility index (Phi) is 1.68. The minimum atomic E-state index is -1.93. The zero-order chi connectivity index (χ0) is 8.82. The summed E-state index contributed by atoms with van der Waals surface area (Å²) in [4.78, 5) is 0. The summed E-state index contributed by atoms with van der Waals surface area (Å²) in [5.74, 6) is -3.63. The van der Waals surface area contributed by atoms with Crippen LogP contribution in [0.3, 0.4) is 0 Å². The summed E-state index contributed by atoms with van der Waals surface area (Å²) >= 11 is 0. The molecule has 70 valence electrons. The van der Waals surface area contributed by atoms with Crippen LogP contribution < -0.4 is 0 Å². The summed E-state index contributed by atoms with van der Waals surface area (Å²) in [6.45, 7) is 0.623. The molecule has 2 rings (SSSR count). The Hall–Kier alpha value is -0.200. The Bertz CT molecular complexity index is 190. The van der Waals surface area contributed by atoms with E-state index in [1.54, 1.807) is 0 Å². The molecule has 0 aromatic carbocycles. The molecule has 2 aliphatic heterocycles. The maximum absolute atomic E-state index is 9.69. The number of ether oxygens (including phenoxy) is 2. The molecule has 5 heteroatoms. The summed E-state index contributed by atoms with van der Waals surface area (Å²) in [5, 5.41) is 28.6. The summed E-state index contributed by atoms with van der Waals surface area (Å²) in [6, 6.07) is 0. The quantitative estimate of drug-likeness (QED) is 0.456. The first kappa shape index (κ1) is 8.40. The van der Waals surface area contributed by atoms with Crippen molar-refractivity contribution in [3.05, 3.63) is 0 Å². The Labute approximate surface area is 69.5 Å². The van der Waals surface area contributed by atoms with Crippen LogP contribution in [0.15, 0.2) is 0 Å². The fourth-order valence-corrected chi connectivity index (χ4v) is 1.57. The molecule has 0 saturated carbocycles. The third-order valence-electron chi connectivity index (χ3n) is 2.51. The van der Waals surface area contributed by atoms with Gasteiger partial charge in [-0.2, -0.15) is 0 Å². The van der Waals surface area contributed by atoms with Crippen LogP contribution in [0.1, 0.15) is 12.8 Å². The third kappa shape index (κ3) is 0.855. The molecule has 0 aromatic rings. The van der Waals surface area contributed by atoms with Crippen molar-refractivity contribution >= 4 is 0 Å². The Morgan fingerprint density at radius 3 is 2.17 bits per heavy atom. The van der Waals surface area contributed by atoms with E-state index in [4.69, 9.17) is 9.47 Å². The maximum Gasteiger partial charge on any atom is 0.248 e. The van der Waals surface area contributed by atoms with E-state index in [2.05, 4.69) is 0 Å². The smallest absolute Gasteiger partial charge is 0.248 e. The van der Waals surface area contributed by atoms with Gasteiger partial charge in [-0.15, -0.1) is 0 Å². The van der Waals surface area contributed by atoms with E-state index in [9.17, 15) is 15.3 Å². The molecule has 2 heterocycles. The van der Waals surface area contributed by atoms with Gasteiger partial charge in [-0.05, 0) is 0 Å². The number of aliphatic hydroxyl groups is 3. The van der Waals surface area contributed by atoms with Crippen LogP contribution in [-0.2, 0) is 9.47 Å². The minimum absolute atomic E-state index is 0.239. The molecule has 3 N–H and O–H groups in total. The molecule has 0 radical (unpaired) electrons. The largest absolute Gasteiger partial charge is 0.387 e. The maximum atomic E-state index is 9.69. The molecule has 0 bridgehead atoms. The van der Waals surface area contributed by atoms with Crippen molar-refractivity contribution in [2.75, 3.05) is 13.2 Å². The second kappa shape index (κ2) is 2.40. The van der Waals surface area contributed by atoms with Crippen LogP contribution in [0.2, 0.25) is 0 Å². The molecule has 0 amide bonds. The van der Waals surface area contributed by atoms with E-state index >= 15 is 0 Å². The first-order valence-electron chi connectivity index (χ1n) is 3.99. The highest BCUT2D eigenvalue weighted by Crippen LogP contribution is 2.41. The molecule has 3 atom stereocenters. The van der Waals surface area contributed by atoms with Crippen molar-refractivity contribution in [2.24, 2.45) is 0 Å². The topological polar surface area (TPSA) is 79.2 Å². The van der Waals surface area contributed by atoms with E-state index in [1.165, 1.54) is 0 Å². The lowest BCUT2D eigenvalue weighted by Gasteiger charge is -2.46. The first-order valence-corrected chi connectivity index (χ1v) is 3.99. The zero-order valence-corrected chi connectivity index (χ0v) is 6.56. The zero-order valence-electron chi connectivity index (χ0n) is 6.56. The van der Waals surface area contributed by atoms with E-state index in [0.29, 0.717) is 19.4 Å². The van der Waals surface area contributed by atoms with Gasteiger partial charge in [0.2, 0.25) is 11.6 Å². The van der Waals surface area contributed by atoms with Gasteiger partial charge in [-0.1, -0.05) is 0 Å². The molecular weight excluding hydrogens is 164 g/mol. The predicted octanol–water partition coefficient (Wildman–Crippen LogP) is -1.43. The fraction of sp³-hybridized carbons (Fsp3) is 1.00. The molecule has 3 unspecified atom stereocenters. The van der Waals surface area contributed by atoms with Crippen molar-refractivity contribution < 1.29 is 24.8 Å². The summed E-state index contributed by atoms with van der Waals surface area (Å²) < 4.78 is 9.69. The molecule has 5 nitrogen and oxygen atoms in total. The van der Waals surface area contributed by atoms with E-state index in [0.717, 1.165) is 0 Å². The molecule has 0 aliphatic carbocycles. The summed E-state index contributed by atoms with van der Waals surface area (Å²) in [7, 11) is 0. The Balaban J connectivity index is 2.18. The number of aliphatic hydroxyl groups excluding tert-OH is 1. The normalized spacial score (nSPS) is 53.8. The molecular formula is C7H12O5. The number of hydrogen-bond donors (Lipinski definition) is 3. The molecule has 2 saturated heterocycles. The van der Waals surface area contributed by atoms with Gasteiger partial charge in [0.15, 0.2) is 0 Å². The second-order valence-electron chi connectivity index (χ2n) is 3.23. The van der Waals surface area contributed by atoms with Crippen molar-refractivity contribution in [1.29, 1.82) is 0 Å². The lowest BCUT2D eigenvalue weighted by molar-refractivity contribution is -0.431. The first-order chi connectivity index (χ1) is 5.58. The van der Waals surface area contributed by atoms with Crippen LogP contribution in [0.5, 0.6) is 0 Å². The van der Waals surface area contributed by atoms with Gasteiger partial charge in [0, 0.05) is 12.8 Å². The molecule has 12 heavy (non-hydrogen) atoms. The monoisotopic (exact) mass is 176 g/mol. The van der Waals surface area contributed by atoms with Crippen LogP contribution in [0.25, 0.3) is 0 Å². The molecule has 0 spiro atoms. The predicted molar refractivity (Wildman–Crippen MR) is 37.0 cm³/mol. The standard InChI is InChI=1S/C7H12O5/c8-5-1-3-12-7(5,10)6(9)2-4-11-6/h5,8-10H,1-4H2. The van der Waals surface area contributed by atoms with Crippen LogP contribution in [0, 0.1) is 0 Å². The lowest BCUT2D eigenvalue weighted by atomic mass is 9.93.